The van der Waals surface area contributed by atoms with Crippen molar-refractivity contribution < 1.29 is 9.31 Å². The van der Waals surface area contributed by atoms with Gasteiger partial charge in [-0.25, -0.2) is 0 Å². The summed E-state index contributed by atoms with van der Waals surface area (Å²) in [5.41, 5.74) is 0.768. The first kappa shape index (κ1) is 11.7. The minimum atomic E-state index is -0.233. The van der Waals surface area contributed by atoms with Crippen LogP contribution in [0.25, 0.3) is 0 Å². The van der Waals surface area contributed by atoms with Crippen LogP contribution >= 0.6 is 0 Å². The van der Waals surface area contributed by atoms with Gasteiger partial charge in [0.1, 0.15) is 0 Å². The monoisotopic (exact) mass is 221 g/mol. The molecule has 0 saturated carbocycles. The van der Waals surface area contributed by atoms with Gasteiger partial charge in [-0.05, 0) is 39.8 Å². The van der Waals surface area contributed by atoms with Gasteiger partial charge in [0.2, 0.25) is 0 Å². The number of hydrogen-bond donors (Lipinski definition) is 0. The molecule has 1 aliphatic heterocycles. The second-order valence-corrected chi connectivity index (χ2v) is 5.50. The SMILES string of the molecule is Cn1cccc1CB1OC(C)(C)C(C)(C)O1. The first-order chi connectivity index (χ1) is 7.32. The molecule has 1 aromatic rings. The fraction of sp³-hybridized carbons (Fsp3) is 0.667. The molecule has 16 heavy (non-hydrogen) atoms. The highest BCUT2D eigenvalue weighted by Gasteiger charge is 2.50. The third kappa shape index (κ3) is 1.92. The molecule has 0 bridgehead atoms. The van der Waals surface area contributed by atoms with E-state index in [2.05, 4.69) is 38.3 Å². The Bertz CT molecular complexity index is 368. The Morgan fingerprint density at radius 2 is 1.75 bits per heavy atom. The van der Waals surface area contributed by atoms with E-state index in [0.717, 1.165) is 6.32 Å². The fourth-order valence-electron chi connectivity index (χ4n) is 1.93. The van der Waals surface area contributed by atoms with E-state index in [-0.39, 0.29) is 18.3 Å². The molecule has 3 nitrogen and oxygen atoms in total. The van der Waals surface area contributed by atoms with Crippen LogP contribution in [0.1, 0.15) is 33.4 Å². The van der Waals surface area contributed by atoms with Crippen molar-refractivity contribution in [1.29, 1.82) is 0 Å². The number of aryl methyl sites for hydroxylation is 1. The number of rotatable bonds is 2. The van der Waals surface area contributed by atoms with Gasteiger partial charge in [0, 0.05) is 25.3 Å². The Morgan fingerprint density at radius 3 is 2.19 bits per heavy atom. The summed E-state index contributed by atoms with van der Waals surface area (Å²) in [6.45, 7) is 8.33. The zero-order valence-electron chi connectivity index (χ0n) is 10.8. The number of hydrogen-bond acceptors (Lipinski definition) is 2. The van der Waals surface area contributed by atoms with E-state index in [9.17, 15) is 0 Å². The first-order valence-corrected chi connectivity index (χ1v) is 5.78. The van der Waals surface area contributed by atoms with Crippen LogP contribution in [0.3, 0.4) is 0 Å². The van der Waals surface area contributed by atoms with Crippen molar-refractivity contribution in [1.82, 2.24) is 4.57 Å². The Morgan fingerprint density at radius 1 is 1.19 bits per heavy atom. The standard InChI is InChI=1S/C12H20BNO2/c1-11(2)12(3,4)16-13(15-11)9-10-7-6-8-14(10)5/h6-8H,9H2,1-5H3. The van der Waals surface area contributed by atoms with Crippen LogP contribution in [0.15, 0.2) is 18.3 Å². The highest BCUT2D eigenvalue weighted by atomic mass is 16.7. The van der Waals surface area contributed by atoms with Gasteiger partial charge in [-0.15, -0.1) is 0 Å². The summed E-state index contributed by atoms with van der Waals surface area (Å²) in [6.07, 6.45) is 2.84. The van der Waals surface area contributed by atoms with E-state index in [4.69, 9.17) is 9.31 Å². The predicted molar refractivity (Wildman–Crippen MR) is 65.2 cm³/mol. The fourth-order valence-corrected chi connectivity index (χ4v) is 1.93. The minimum Gasteiger partial charge on any atom is -0.403 e. The third-order valence-electron chi connectivity index (χ3n) is 3.73. The lowest BCUT2D eigenvalue weighted by molar-refractivity contribution is 0.00578. The van der Waals surface area contributed by atoms with Gasteiger partial charge in [-0.2, -0.15) is 0 Å². The number of nitrogens with zero attached hydrogens (tertiary/aromatic N) is 1. The maximum atomic E-state index is 5.96. The highest BCUT2D eigenvalue weighted by molar-refractivity contribution is 6.44. The molecule has 0 unspecified atom stereocenters. The molecule has 1 aromatic heterocycles. The molecule has 0 aliphatic carbocycles. The van der Waals surface area contributed by atoms with Crippen molar-refractivity contribution in [2.24, 2.45) is 7.05 Å². The molecule has 4 heteroatoms. The van der Waals surface area contributed by atoms with Crippen molar-refractivity contribution >= 4 is 7.12 Å². The van der Waals surface area contributed by atoms with Gasteiger partial charge < -0.3 is 13.9 Å². The molecule has 1 saturated heterocycles. The molecule has 0 spiro atoms. The Hall–Kier alpha value is -0.735. The first-order valence-electron chi connectivity index (χ1n) is 5.78. The van der Waals surface area contributed by atoms with Gasteiger partial charge in [-0.3, -0.25) is 0 Å². The van der Waals surface area contributed by atoms with Crippen molar-refractivity contribution in [3.05, 3.63) is 24.0 Å². The largest absolute Gasteiger partial charge is 0.464 e. The molecular weight excluding hydrogens is 201 g/mol. The lowest BCUT2D eigenvalue weighted by Gasteiger charge is -2.32. The van der Waals surface area contributed by atoms with E-state index in [0.29, 0.717) is 0 Å². The van der Waals surface area contributed by atoms with Crippen LogP contribution in [0.4, 0.5) is 0 Å². The van der Waals surface area contributed by atoms with E-state index in [1.165, 1.54) is 5.69 Å². The van der Waals surface area contributed by atoms with Crippen molar-refractivity contribution in [2.45, 2.75) is 45.2 Å². The lowest BCUT2D eigenvalue weighted by atomic mass is 9.83. The summed E-state index contributed by atoms with van der Waals surface area (Å²) in [5, 5.41) is 0. The van der Waals surface area contributed by atoms with Gasteiger partial charge in [-0.1, -0.05) is 0 Å². The van der Waals surface area contributed by atoms with Crippen LogP contribution in [-0.2, 0) is 22.7 Å². The molecule has 2 rings (SSSR count). The van der Waals surface area contributed by atoms with Gasteiger partial charge in [0.15, 0.2) is 0 Å². The van der Waals surface area contributed by atoms with Crippen molar-refractivity contribution in [2.75, 3.05) is 0 Å². The second-order valence-electron chi connectivity index (χ2n) is 5.50. The van der Waals surface area contributed by atoms with E-state index in [1.807, 2.05) is 19.3 Å². The van der Waals surface area contributed by atoms with Gasteiger partial charge in [0.25, 0.3) is 0 Å². The zero-order chi connectivity index (χ0) is 12.0. The third-order valence-corrected chi connectivity index (χ3v) is 3.73. The van der Waals surface area contributed by atoms with Crippen LogP contribution in [0, 0.1) is 0 Å². The molecule has 0 amide bonds. The Balaban J connectivity index is 2.08. The van der Waals surface area contributed by atoms with Crippen LogP contribution < -0.4 is 0 Å². The summed E-state index contributed by atoms with van der Waals surface area (Å²) in [6, 6.07) is 4.14. The summed E-state index contributed by atoms with van der Waals surface area (Å²) in [4.78, 5) is 0. The quantitative estimate of drug-likeness (QED) is 0.714. The molecule has 0 aromatic carbocycles. The average molecular weight is 221 g/mol. The smallest absolute Gasteiger partial charge is 0.403 e. The molecular formula is C12H20BNO2. The Labute approximate surface area is 97.9 Å². The predicted octanol–water partition coefficient (Wildman–Crippen LogP) is 2.20. The number of aromatic nitrogens is 1. The molecule has 1 aliphatic rings. The minimum absolute atomic E-state index is 0.140. The normalized spacial score (nSPS) is 22.7. The molecule has 0 radical (unpaired) electrons. The molecule has 0 N–H and O–H groups in total. The summed E-state index contributed by atoms with van der Waals surface area (Å²) in [7, 11) is 1.90. The zero-order valence-corrected chi connectivity index (χ0v) is 10.8. The lowest BCUT2D eigenvalue weighted by Crippen LogP contribution is -2.41. The summed E-state index contributed by atoms with van der Waals surface area (Å²) >= 11 is 0. The Kier molecular flexibility index (Phi) is 2.67. The molecule has 1 fully saturated rings. The second kappa shape index (κ2) is 3.64. The maximum absolute atomic E-state index is 5.96. The van der Waals surface area contributed by atoms with E-state index in [1.54, 1.807) is 0 Å². The maximum Gasteiger partial charge on any atom is 0.464 e. The molecule has 0 atom stereocenters. The highest BCUT2D eigenvalue weighted by Crippen LogP contribution is 2.37. The topological polar surface area (TPSA) is 23.4 Å². The molecule has 88 valence electrons. The van der Waals surface area contributed by atoms with Gasteiger partial charge >= 0.3 is 7.12 Å². The summed E-state index contributed by atoms with van der Waals surface area (Å²) in [5.74, 6) is 0. The van der Waals surface area contributed by atoms with Crippen molar-refractivity contribution in [3.8, 4) is 0 Å². The van der Waals surface area contributed by atoms with E-state index < -0.39 is 0 Å². The van der Waals surface area contributed by atoms with Crippen LogP contribution in [-0.4, -0.2) is 22.9 Å². The van der Waals surface area contributed by atoms with Gasteiger partial charge in [0.05, 0.1) is 11.2 Å². The van der Waals surface area contributed by atoms with E-state index >= 15 is 0 Å². The van der Waals surface area contributed by atoms with Crippen LogP contribution in [0.2, 0.25) is 0 Å². The average Bonchev–Trinajstić information content (AvgIpc) is 2.57. The summed E-state index contributed by atoms with van der Waals surface area (Å²) < 4.78 is 14.0. The van der Waals surface area contributed by atoms with Crippen molar-refractivity contribution in [3.63, 3.8) is 0 Å². The van der Waals surface area contributed by atoms with Crippen LogP contribution in [0.5, 0.6) is 0 Å². The molecule has 2 heterocycles.